The molecular weight excluding hydrogens is 386 g/mol. The van der Waals surface area contributed by atoms with Crippen molar-refractivity contribution in [1.29, 1.82) is 0 Å². The van der Waals surface area contributed by atoms with Gasteiger partial charge in [0.05, 0.1) is 11.2 Å². The molecule has 2 aliphatic rings. The molecule has 3 aromatic rings. The molecule has 9 nitrogen and oxygen atoms in total. The molecule has 3 heterocycles. The van der Waals surface area contributed by atoms with Gasteiger partial charge in [0.2, 0.25) is 12.9 Å². The number of aromatic nitrogens is 3. The van der Waals surface area contributed by atoms with Crippen molar-refractivity contribution in [1.82, 2.24) is 20.3 Å². The third kappa shape index (κ3) is 3.78. The Morgan fingerprint density at radius 3 is 3.03 bits per heavy atom. The van der Waals surface area contributed by atoms with E-state index in [0.717, 1.165) is 40.2 Å². The SMILES string of the molecule is O=C(NCCCn1nnc2ccccc21)C1CC(Cc2ccc3c(c2)OCO3)=NO1. The van der Waals surface area contributed by atoms with Crippen LogP contribution in [0.2, 0.25) is 0 Å². The van der Waals surface area contributed by atoms with Crippen molar-refractivity contribution < 1.29 is 19.1 Å². The molecule has 0 fully saturated rings. The summed E-state index contributed by atoms with van der Waals surface area (Å²) in [7, 11) is 0. The van der Waals surface area contributed by atoms with Crippen LogP contribution in [-0.4, -0.2) is 46.1 Å². The zero-order valence-electron chi connectivity index (χ0n) is 16.3. The van der Waals surface area contributed by atoms with E-state index in [4.69, 9.17) is 14.3 Å². The maximum Gasteiger partial charge on any atom is 0.264 e. The molecule has 1 amide bonds. The smallest absolute Gasteiger partial charge is 0.264 e. The summed E-state index contributed by atoms with van der Waals surface area (Å²) in [6, 6.07) is 13.6. The number of ether oxygens (including phenoxy) is 2. The number of para-hydroxylation sites is 1. The molecule has 1 N–H and O–H groups in total. The molecule has 2 aromatic carbocycles. The summed E-state index contributed by atoms with van der Waals surface area (Å²) in [5, 5.41) is 15.3. The second-order valence-electron chi connectivity index (χ2n) is 7.27. The molecule has 0 aliphatic carbocycles. The van der Waals surface area contributed by atoms with Gasteiger partial charge in [-0.15, -0.1) is 5.10 Å². The number of fused-ring (bicyclic) bond motifs is 2. The third-order valence-corrected chi connectivity index (χ3v) is 5.13. The normalized spacial score (nSPS) is 17.1. The largest absolute Gasteiger partial charge is 0.454 e. The average molecular weight is 407 g/mol. The predicted molar refractivity (Wildman–Crippen MR) is 108 cm³/mol. The maximum absolute atomic E-state index is 12.4. The molecule has 154 valence electrons. The first-order valence-corrected chi connectivity index (χ1v) is 9.92. The summed E-state index contributed by atoms with van der Waals surface area (Å²) in [6.07, 6.45) is 1.26. The van der Waals surface area contributed by atoms with E-state index in [1.165, 1.54) is 0 Å². The Hall–Kier alpha value is -3.62. The van der Waals surface area contributed by atoms with E-state index in [1.54, 1.807) is 0 Å². The summed E-state index contributed by atoms with van der Waals surface area (Å²) in [6.45, 7) is 1.46. The van der Waals surface area contributed by atoms with Gasteiger partial charge >= 0.3 is 0 Å². The van der Waals surface area contributed by atoms with Crippen LogP contribution in [0, 0.1) is 0 Å². The molecule has 5 rings (SSSR count). The third-order valence-electron chi connectivity index (χ3n) is 5.13. The molecule has 2 aliphatic heterocycles. The summed E-state index contributed by atoms with van der Waals surface area (Å²) in [4.78, 5) is 17.7. The predicted octanol–water partition coefficient (Wildman–Crippen LogP) is 2.05. The van der Waals surface area contributed by atoms with E-state index >= 15 is 0 Å². The number of amides is 1. The van der Waals surface area contributed by atoms with Crippen LogP contribution >= 0.6 is 0 Å². The number of carbonyl (C=O) groups excluding carboxylic acids is 1. The number of oxime groups is 1. The Balaban J connectivity index is 1.07. The molecule has 9 heteroatoms. The maximum atomic E-state index is 12.4. The fourth-order valence-electron chi connectivity index (χ4n) is 3.59. The molecule has 1 atom stereocenters. The molecule has 1 aromatic heterocycles. The van der Waals surface area contributed by atoms with Crippen LogP contribution in [0.15, 0.2) is 47.6 Å². The van der Waals surface area contributed by atoms with Gasteiger partial charge in [0.15, 0.2) is 11.5 Å². The summed E-state index contributed by atoms with van der Waals surface area (Å²) >= 11 is 0. The number of aryl methyl sites for hydroxylation is 1. The van der Waals surface area contributed by atoms with Gasteiger partial charge in [-0.05, 0) is 36.2 Å². The van der Waals surface area contributed by atoms with Gasteiger partial charge in [-0.3, -0.25) is 4.79 Å². The van der Waals surface area contributed by atoms with Gasteiger partial charge in [0.1, 0.15) is 5.52 Å². The minimum absolute atomic E-state index is 0.150. The monoisotopic (exact) mass is 407 g/mol. The van der Waals surface area contributed by atoms with Crippen LogP contribution in [-0.2, 0) is 22.6 Å². The van der Waals surface area contributed by atoms with E-state index in [-0.39, 0.29) is 12.7 Å². The van der Waals surface area contributed by atoms with E-state index < -0.39 is 6.10 Å². The van der Waals surface area contributed by atoms with Gasteiger partial charge in [-0.1, -0.05) is 28.6 Å². The van der Waals surface area contributed by atoms with Crippen molar-refractivity contribution >= 4 is 22.7 Å². The minimum atomic E-state index is -0.582. The number of nitrogens with zero attached hydrogens (tertiary/aromatic N) is 4. The molecule has 30 heavy (non-hydrogen) atoms. The van der Waals surface area contributed by atoms with E-state index in [1.807, 2.05) is 47.1 Å². The Bertz CT molecular complexity index is 1110. The van der Waals surface area contributed by atoms with Gasteiger partial charge < -0.3 is 19.6 Å². The molecule has 1 unspecified atom stereocenters. The number of benzene rings is 2. The fraction of sp³-hybridized carbons (Fsp3) is 0.333. The van der Waals surface area contributed by atoms with Crippen LogP contribution in [0.5, 0.6) is 11.5 Å². The van der Waals surface area contributed by atoms with Crippen LogP contribution in [0.4, 0.5) is 0 Å². The Kier molecular flexibility index (Phi) is 4.92. The lowest BCUT2D eigenvalue weighted by atomic mass is 10.0. The van der Waals surface area contributed by atoms with Gasteiger partial charge in [0, 0.05) is 25.9 Å². The highest BCUT2D eigenvalue weighted by atomic mass is 16.7. The summed E-state index contributed by atoms with van der Waals surface area (Å²) in [5.74, 6) is 1.34. The van der Waals surface area contributed by atoms with Crippen LogP contribution in [0.25, 0.3) is 11.0 Å². The van der Waals surface area contributed by atoms with Crippen molar-refractivity contribution in [3.63, 3.8) is 0 Å². The molecule has 0 saturated heterocycles. The van der Waals surface area contributed by atoms with Gasteiger partial charge in [-0.25, -0.2) is 4.68 Å². The first kappa shape index (κ1) is 18.4. The average Bonchev–Trinajstić information content (AvgIpc) is 3.50. The van der Waals surface area contributed by atoms with Crippen LogP contribution < -0.4 is 14.8 Å². The van der Waals surface area contributed by atoms with Crippen molar-refractivity contribution in [3.8, 4) is 11.5 Å². The van der Waals surface area contributed by atoms with Gasteiger partial charge in [0.25, 0.3) is 5.91 Å². The molecule has 0 saturated carbocycles. The van der Waals surface area contributed by atoms with E-state index in [2.05, 4.69) is 20.8 Å². The van der Waals surface area contributed by atoms with E-state index in [9.17, 15) is 4.79 Å². The first-order valence-electron chi connectivity index (χ1n) is 9.92. The van der Waals surface area contributed by atoms with Crippen LogP contribution in [0.1, 0.15) is 18.4 Å². The van der Waals surface area contributed by atoms with Crippen LogP contribution in [0.3, 0.4) is 0 Å². The Morgan fingerprint density at radius 2 is 2.07 bits per heavy atom. The van der Waals surface area contributed by atoms with Crippen molar-refractivity contribution in [3.05, 3.63) is 48.0 Å². The van der Waals surface area contributed by atoms with Crippen molar-refractivity contribution in [2.75, 3.05) is 13.3 Å². The molecule has 0 radical (unpaired) electrons. The lowest BCUT2D eigenvalue weighted by molar-refractivity contribution is -0.131. The van der Waals surface area contributed by atoms with Gasteiger partial charge in [-0.2, -0.15) is 0 Å². The summed E-state index contributed by atoms with van der Waals surface area (Å²) < 4.78 is 12.6. The highest BCUT2D eigenvalue weighted by molar-refractivity contribution is 5.94. The minimum Gasteiger partial charge on any atom is -0.454 e. The standard InChI is InChI=1S/C21H21N5O4/c27-21(22-8-3-9-26-17-5-2-1-4-16(17)23-25-26)20-12-15(24-30-20)10-14-6-7-18-19(11-14)29-13-28-18/h1-2,4-7,11,20H,3,8-10,12-13H2,(H,22,27). The number of carbonyl (C=O) groups is 1. The quantitative estimate of drug-likeness (QED) is 0.602. The fourth-order valence-corrected chi connectivity index (χ4v) is 3.59. The van der Waals surface area contributed by atoms with Crippen molar-refractivity contribution in [2.45, 2.75) is 31.9 Å². The Morgan fingerprint density at radius 1 is 1.17 bits per heavy atom. The van der Waals surface area contributed by atoms with E-state index in [0.29, 0.717) is 25.9 Å². The highest BCUT2D eigenvalue weighted by Gasteiger charge is 2.28. The zero-order chi connectivity index (χ0) is 20.3. The zero-order valence-corrected chi connectivity index (χ0v) is 16.3. The summed E-state index contributed by atoms with van der Waals surface area (Å²) in [5.41, 5.74) is 3.74. The molecule has 0 bridgehead atoms. The second-order valence-corrected chi connectivity index (χ2v) is 7.27. The first-order chi connectivity index (χ1) is 14.8. The number of hydrogen-bond acceptors (Lipinski definition) is 7. The lowest BCUT2D eigenvalue weighted by Crippen LogP contribution is -2.35. The molecular formula is C21H21N5O4. The Labute approximate surface area is 172 Å². The number of nitrogens with one attached hydrogen (secondary N) is 1. The van der Waals surface area contributed by atoms with Crippen molar-refractivity contribution in [2.24, 2.45) is 5.16 Å². The number of rotatable bonds is 7. The number of hydrogen-bond donors (Lipinski definition) is 1. The lowest BCUT2D eigenvalue weighted by Gasteiger charge is -2.09. The second kappa shape index (κ2) is 8.02. The highest BCUT2D eigenvalue weighted by Crippen LogP contribution is 2.33. The molecule has 0 spiro atoms. The topological polar surface area (TPSA) is 99.9 Å².